The maximum absolute atomic E-state index is 12.4. The Hall–Kier alpha value is -3.35. The first kappa shape index (κ1) is 19.4. The highest BCUT2D eigenvalue weighted by atomic mass is 16.7. The lowest BCUT2D eigenvalue weighted by Crippen LogP contribution is -2.34. The summed E-state index contributed by atoms with van der Waals surface area (Å²) in [7, 11) is 1.59. The maximum atomic E-state index is 12.4. The monoisotopic (exact) mass is 382 g/mol. The topological polar surface area (TPSA) is 86.2 Å². The molecule has 146 valence electrons. The first-order valence-corrected chi connectivity index (χ1v) is 9.00. The summed E-state index contributed by atoms with van der Waals surface area (Å²) < 4.78 is 10.4. The van der Waals surface area contributed by atoms with Gasteiger partial charge in [-0.05, 0) is 42.7 Å². The van der Waals surface area contributed by atoms with Crippen LogP contribution in [0.25, 0.3) is 0 Å². The molecule has 28 heavy (non-hydrogen) atoms. The van der Waals surface area contributed by atoms with Crippen molar-refractivity contribution < 1.29 is 23.9 Å². The number of esters is 1. The molecular formula is C21H22N2O5. The molecule has 0 heterocycles. The van der Waals surface area contributed by atoms with E-state index in [4.69, 9.17) is 14.3 Å². The third-order valence-corrected chi connectivity index (χ3v) is 4.09. The highest BCUT2D eigenvalue weighted by Gasteiger charge is 2.30. The predicted octanol–water partition coefficient (Wildman–Crippen LogP) is 2.61. The third kappa shape index (κ3) is 5.84. The second-order valence-corrected chi connectivity index (χ2v) is 6.34. The van der Waals surface area contributed by atoms with Gasteiger partial charge in [-0.3, -0.25) is 4.79 Å². The van der Waals surface area contributed by atoms with E-state index in [0.29, 0.717) is 5.56 Å². The Kier molecular flexibility index (Phi) is 6.62. The smallest absolute Gasteiger partial charge is 0.348 e. The van der Waals surface area contributed by atoms with Crippen LogP contribution in [-0.4, -0.2) is 37.8 Å². The van der Waals surface area contributed by atoms with Crippen LogP contribution in [0.2, 0.25) is 0 Å². The fraction of sp³-hybridized carbons (Fsp3) is 0.286. The molecule has 0 bridgehead atoms. The van der Waals surface area contributed by atoms with Gasteiger partial charge in [0.25, 0.3) is 5.91 Å². The minimum Gasteiger partial charge on any atom is -0.497 e. The molecule has 3 rings (SSSR count). The van der Waals surface area contributed by atoms with Crippen LogP contribution < -0.4 is 10.1 Å². The molecule has 0 aliphatic heterocycles. The van der Waals surface area contributed by atoms with Crippen molar-refractivity contribution in [2.75, 3.05) is 13.7 Å². The Morgan fingerprint density at radius 3 is 2.50 bits per heavy atom. The first-order chi connectivity index (χ1) is 13.7. The molecule has 1 saturated carbocycles. The zero-order valence-electron chi connectivity index (χ0n) is 15.5. The minimum atomic E-state index is -1.01. The van der Waals surface area contributed by atoms with E-state index < -0.39 is 18.7 Å². The highest BCUT2D eigenvalue weighted by molar-refractivity contribution is 5.85. The standard InChI is InChI=1S/C21H22N2O5/c1-26-18-11-7-15(8-12-18)13-22-27-14-19(24)28-20(16-5-3-2-4-6-16)21(25)23-17-9-10-17/h2-8,11-13,17,20H,9-10,14H2,1H3,(H,23,25)/b22-13-/t20-/m0/s1. The van der Waals surface area contributed by atoms with Gasteiger partial charge in [-0.1, -0.05) is 35.5 Å². The largest absolute Gasteiger partial charge is 0.497 e. The number of oxime groups is 1. The summed E-state index contributed by atoms with van der Waals surface area (Å²) in [5.74, 6) is -0.270. The summed E-state index contributed by atoms with van der Waals surface area (Å²) in [4.78, 5) is 29.5. The lowest BCUT2D eigenvalue weighted by Gasteiger charge is -2.17. The number of nitrogens with one attached hydrogen (secondary N) is 1. The van der Waals surface area contributed by atoms with E-state index in [1.165, 1.54) is 6.21 Å². The zero-order valence-corrected chi connectivity index (χ0v) is 15.5. The SMILES string of the molecule is COc1ccc(/C=N\OCC(=O)O[C@H](C(=O)NC2CC2)c2ccccc2)cc1. The number of hydrogen-bond donors (Lipinski definition) is 1. The first-order valence-electron chi connectivity index (χ1n) is 9.00. The number of nitrogens with zero attached hydrogens (tertiary/aromatic N) is 1. The van der Waals surface area contributed by atoms with Crippen LogP contribution in [0.3, 0.4) is 0 Å². The number of ether oxygens (including phenoxy) is 2. The number of benzene rings is 2. The fourth-order valence-electron chi connectivity index (χ4n) is 2.45. The van der Waals surface area contributed by atoms with Crippen LogP contribution in [0.4, 0.5) is 0 Å². The van der Waals surface area contributed by atoms with Crippen LogP contribution in [0.5, 0.6) is 5.75 Å². The molecule has 2 aromatic carbocycles. The zero-order chi connectivity index (χ0) is 19.8. The van der Waals surface area contributed by atoms with Gasteiger partial charge in [0.2, 0.25) is 12.7 Å². The molecule has 0 radical (unpaired) electrons. The van der Waals surface area contributed by atoms with E-state index in [2.05, 4.69) is 10.5 Å². The molecule has 1 N–H and O–H groups in total. The van der Waals surface area contributed by atoms with Crippen molar-refractivity contribution >= 4 is 18.1 Å². The second-order valence-electron chi connectivity index (χ2n) is 6.34. The number of amides is 1. The Morgan fingerprint density at radius 1 is 1.14 bits per heavy atom. The van der Waals surface area contributed by atoms with Gasteiger partial charge in [0.1, 0.15) is 5.75 Å². The predicted molar refractivity (Wildman–Crippen MR) is 103 cm³/mol. The quantitative estimate of drug-likeness (QED) is 0.409. The van der Waals surface area contributed by atoms with Crippen molar-refractivity contribution in [3.05, 3.63) is 65.7 Å². The molecule has 0 unspecified atom stereocenters. The Balaban J connectivity index is 1.52. The van der Waals surface area contributed by atoms with Crippen molar-refractivity contribution in [2.45, 2.75) is 25.0 Å². The number of carbonyl (C=O) groups is 2. The molecule has 0 spiro atoms. The van der Waals surface area contributed by atoms with Gasteiger partial charge < -0.3 is 19.6 Å². The van der Waals surface area contributed by atoms with Gasteiger partial charge in [-0.15, -0.1) is 0 Å². The molecule has 1 aliphatic carbocycles. The van der Waals surface area contributed by atoms with Crippen LogP contribution in [-0.2, 0) is 19.2 Å². The molecule has 7 nitrogen and oxygen atoms in total. The van der Waals surface area contributed by atoms with Crippen LogP contribution in [0.1, 0.15) is 30.1 Å². The van der Waals surface area contributed by atoms with E-state index in [0.717, 1.165) is 24.2 Å². The number of hydrogen-bond acceptors (Lipinski definition) is 6. The average Bonchev–Trinajstić information content (AvgIpc) is 3.54. The minimum absolute atomic E-state index is 0.169. The fourth-order valence-corrected chi connectivity index (χ4v) is 2.45. The summed E-state index contributed by atoms with van der Waals surface area (Å²) in [5.41, 5.74) is 1.40. The number of carbonyl (C=O) groups excluding carboxylic acids is 2. The molecule has 0 saturated heterocycles. The van der Waals surface area contributed by atoms with Crippen LogP contribution in [0, 0.1) is 0 Å². The van der Waals surface area contributed by atoms with Gasteiger partial charge in [0.05, 0.1) is 13.3 Å². The number of rotatable bonds is 9. The van der Waals surface area contributed by atoms with E-state index in [9.17, 15) is 9.59 Å². The van der Waals surface area contributed by atoms with Crippen molar-refractivity contribution in [1.29, 1.82) is 0 Å². The van der Waals surface area contributed by atoms with Crippen molar-refractivity contribution in [3.63, 3.8) is 0 Å². The molecule has 2 aromatic rings. The van der Waals surface area contributed by atoms with Gasteiger partial charge in [-0.2, -0.15) is 0 Å². The molecule has 1 atom stereocenters. The van der Waals surface area contributed by atoms with Gasteiger partial charge in [0, 0.05) is 11.6 Å². The Labute approximate surface area is 163 Å². The number of methoxy groups -OCH3 is 1. The molecule has 1 fully saturated rings. The Bertz CT molecular complexity index is 816. The van der Waals surface area contributed by atoms with E-state index in [1.54, 1.807) is 55.6 Å². The summed E-state index contributed by atoms with van der Waals surface area (Å²) in [5, 5.41) is 6.61. The van der Waals surface area contributed by atoms with Gasteiger partial charge in [0.15, 0.2) is 0 Å². The lowest BCUT2D eigenvalue weighted by molar-refractivity contribution is -0.160. The van der Waals surface area contributed by atoms with Gasteiger partial charge >= 0.3 is 5.97 Å². The van der Waals surface area contributed by atoms with E-state index in [1.807, 2.05) is 6.07 Å². The second kappa shape index (κ2) is 9.55. The normalized spacial score (nSPS) is 14.3. The van der Waals surface area contributed by atoms with Crippen molar-refractivity contribution in [1.82, 2.24) is 5.32 Å². The molecule has 0 aromatic heterocycles. The third-order valence-electron chi connectivity index (χ3n) is 4.09. The van der Waals surface area contributed by atoms with Gasteiger partial charge in [-0.25, -0.2) is 4.79 Å². The molecule has 1 amide bonds. The van der Waals surface area contributed by atoms with Crippen molar-refractivity contribution in [2.24, 2.45) is 5.16 Å². The summed E-state index contributed by atoms with van der Waals surface area (Å²) >= 11 is 0. The van der Waals surface area contributed by atoms with Crippen LogP contribution >= 0.6 is 0 Å². The average molecular weight is 382 g/mol. The van der Waals surface area contributed by atoms with Crippen molar-refractivity contribution in [3.8, 4) is 5.75 Å². The molecule has 7 heteroatoms. The molecular weight excluding hydrogens is 360 g/mol. The highest BCUT2D eigenvalue weighted by Crippen LogP contribution is 2.23. The van der Waals surface area contributed by atoms with E-state index in [-0.39, 0.29) is 11.9 Å². The summed E-state index contributed by atoms with van der Waals surface area (Å²) in [6.45, 7) is -0.396. The lowest BCUT2D eigenvalue weighted by atomic mass is 10.1. The van der Waals surface area contributed by atoms with Crippen LogP contribution in [0.15, 0.2) is 59.8 Å². The molecule has 1 aliphatic rings. The summed E-state index contributed by atoms with van der Waals surface area (Å²) in [6, 6.07) is 16.2. The maximum Gasteiger partial charge on any atom is 0.348 e. The van der Waals surface area contributed by atoms with E-state index >= 15 is 0 Å². The summed E-state index contributed by atoms with van der Waals surface area (Å²) in [6.07, 6.45) is 2.36. The Morgan fingerprint density at radius 2 is 1.86 bits per heavy atom.